The van der Waals surface area contributed by atoms with E-state index in [-0.39, 0.29) is 19.5 Å². The van der Waals surface area contributed by atoms with Gasteiger partial charge in [-0.2, -0.15) is 13.2 Å². The number of hydrogen-bond acceptors (Lipinski definition) is 2. The lowest BCUT2D eigenvalue weighted by Crippen LogP contribution is -2.48. The minimum absolute atomic E-state index is 0.0494. The maximum atomic E-state index is 12.4. The van der Waals surface area contributed by atoms with E-state index in [2.05, 4.69) is 5.32 Å². The lowest BCUT2D eigenvalue weighted by molar-refractivity contribution is -0.171. The summed E-state index contributed by atoms with van der Waals surface area (Å²) >= 11 is 0. The number of rotatable bonds is 2. The summed E-state index contributed by atoms with van der Waals surface area (Å²) in [5, 5.41) is 2.14. The smallest absolute Gasteiger partial charge is 0.352 e. The first kappa shape index (κ1) is 13.6. The van der Waals surface area contributed by atoms with Crippen LogP contribution < -0.4 is 11.1 Å². The van der Waals surface area contributed by atoms with Gasteiger partial charge in [-0.3, -0.25) is 4.79 Å². The highest BCUT2D eigenvalue weighted by atomic mass is 19.4. The molecule has 0 aromatic rings. The van der Waals surface area contributed by atoms with Crippen LogP contribution in [0.2, 0.25) is 0 Å². The Labute approximate surface area is 96.1 Å². The Kier molecular flexibility index (Phi) is 3.84. The van der Waals surface area contributed by atoms with Crippen LogP contribution in [0.4, 0.5) is 18.0 Å². The van der Waals surface area contributed by atoms with Gasteiger partial charge in [-0.05, 0) is 13.3 Å². The minimum Gasteiger partial charge on any atom is -0.352 e. The molecule has 0 radical (unpaired) electrons. The van der Waals surface area contributed by atoms with Crippen LogP contribution in [0.1, 0.15) is 13.3 Å². The molecule has 98 valence electrons. The lowest BCUT2D eigenvalue weighted by Gasteiger charge is -2.21. The molecule has 1 aliphatic rings. The summed E-state index contributed by atoms with van der Waals surface area (Å²) in [4.78, 5) is 23.3. The van der Waals surface area contributed by atoms with Crippen molar-refractivity contribution in [1.82, 2.24) is 10.2 Å². The van der Waals surface area contributed by atoms with E-state index in [1.165, 1.54) is 6.92 Å². The molecule has 1 rings (SSSR count). The first-order valence-electron chi connectivity index (χ1n) is 5.13. The van der Waals surface area contributed by atoms with Crippen LogP contribution in [0.15, 0.2) is 0 Å². The highest BCUT2D eigenvalue weighted by Gasteiger charge is 2.45. The molecule has 0 aromatic carbocycles. The van der Waals surface area contributed by atoms with E-state index in [0.717, 1.165) is 4.90 Å². The normalized spacial score (nSPS) is 22.4. The molecule has 1 aliphatic heterocycles. The largest absolute Gasteiger partial charge is 0.393 e. The highest BCUT2D eigenvalue weighted by Crippen LogP contribution is 2.33. The fourth-order valence-electron chi connectivity index (χ4n) is 1.78. The van der Waals surface area contributed by atoms with E-state index in [0.29, 0.717) is 0 Å². The van der Waals surface area contributed by atoms with E-state index in [4.69, 9.17) is 5.73 Å². The summed E-state index contributed by atoms with van der Waals surface area (Å²) in [7, 11) is 0. The van der Waals surface area contributed by atoms with Crippen molar-refractivity contribution in [3.8, 4) is 0 Å². The van der Waals surface area contributed by atoms with Gasteiger partial charge in [0, 0.05) is 13.1 Å². The third-order valence-corrected chi connectivity index (χ3v) is 2.69. The first-order chi connectivity index (χ1) is 7.71. The van der Waals surface area contributed by atoms with E-state index < -0.39 is 30.1 Å². The van der Waals surface area contributed by atoms with Gasteiger partial charge < -0.3 is 16.0 Å². The standard InChI is InChI=1S/C9H14F3N3O2/c1-5(14-8(13)17)7(16)15-3-2-6(4-15)9(10,11)12/h5-6H,2-4H2,1H3,(H3,13,14,17)/t5-,6?/m0/s1. The number of nitrogens with one attached hydrogen (secondary N) is 1. The Morgan fingerprint density at radius 2 is 2.06 bits per heavy atom. The third kappa shape index (κ3) is 3.50. The molecule has 1 saturated heterocycles. The van der Waals surface area contributed by atoms with Crippen molar-refractivity contribution in [2.24, 2.45) is 11.7 Å². The van der Waals surface area contributed by atoms with Crippen LogP contribution in [0.5, 0.6) is 0 Å². The number of amides is 3. The highest BCUT2D eigenvalue weighted by molar-refractivity contribution is 5.86. The molecule has 0 saturated carbocycles. The van der Waals surface area contributed by atoms with Crippen LogP contribution in [-0.2, 0) is 4.79 Å². The van der Waals surface area contributed by atoms with E-state index in [1.807, 2.05) is 0 Å². The van der Waals surface area contributed by atoms with Gasteiger partial charge in [0.2, 0.25) is 5.91 Å². The number of nitrogens with two attached hydrogens (primary N) is 1. The molecule has 1 fully saturated rings. The van der Waals surface area contributed by atoms with Gasteiger partial charge in [-0.25, -0.2) is 4.79 Å². The number of carbonyl (C=O) groups is 2. The number of nitrogens with zero attached hydrogens (tertiary/aromatic N) is 1. The zero-order valence-electron chi connectivity index (χ0n) is 9.25. The zero-order valence-corrected chi connectivity index (χ0v) is 9.25. The molecule has 17 heavy (non-hydrogen) atoms. The van der Waals surface area contributed by atoms with Gasteiger partial charge in [0.15, 0.2) is 0 Å². The fourth-order valence-corrected chi connectivity index (χ4v) is 1.78. The molecular formula is C9H14F3N3O2. The molecule has 0 aromatic heterocycles. The Bertz CT molecular complexity index is 319. The maximum absolute atomic E-state index is 12.4. The molecule has 3 amide bonds. The topological polar surface area (TPSA) is 75.4 Å². The van der Waals surface area contributed by atoms with Gasteiger partial charge >= 0.3 is 12.2 Å². The predicted molar refractivity (Wildman–Crippen MR) is 52.9 cm³/mol. The van der Waals surface area contributed by atoms with Crippen LogP contribution in [0, 0.1) is 5.92 Å². The Hall–Kier alpha value is -1.47. The van der Waals surface area contributed by atoms with Gasteiger partial charge in [-0.15, -0.1) is 0 Å². The van der Waals surface area contributed by atoms with Gasteiger partial charge in [0.25, 0.3) is 0 Å². The molecule has 0 spiro atoms. The second-order valence-electron chi connectivity index (χ2n) is 4.04. The van der Waals surface area contributed by atoms with E-state index >= 15 is 0 Å². The van der Waals surface area contributed by atoms with Crippen LogP contribution in [0.25, 0.3) is 0 Å². The lowest BCUT2D eigenvalue weighted by atomic mass is 10.1. The number of alkyl halides is 3. The monoisotopic (exact) mass is 253 g/mol. The van der Waals surface area contributed by atoms with Gasteiger partial charge in [0.05, 0.1) is 5.92 Å². The molecule has 0 bridgehead atoms. The van der Waals surface area contributed by atoms with Crippen LogP contribution in [-0.4, -0.2) is 42.1 Å². The van der Waals surface area contributed by atoms with E-state index in [9.17, 15) is 22.8 Å². The van der Waals surface area contributed by atoms with Crippen molar-refractivity contribution in [2.45, 2.75) is 25.6 Å². The molecule has 1 heterocycles. The van der Waals surface area contributed by atoms with Crippen molar-refractivity contribution in [2.75, 3.05) is 13.1 Å². The molecule has 0 aliphatic carbocycles. The number of halogens is 3. The number of urea groups is 1. The summed E-state index contributed by atoms with van der Waals surface area (Å²) in [5.74, 6) is -2.03. The van der Waals surface area contributed by atoms with Gasteiger partial charge in [-0.1, -0.05) is 0 Å². The van der Waals surface area contributed by atoms with Crippen LogP contribution in [0.3, 0.4) is 0 Å². The van der Waals surface area contributed by atoms with Crippen LogP contribution >= 0.6 is 0 Å². The number of hydrogen-bond donors (Lipinski definition) is 2. The number of likely N-dealkylation sites (tertiary alicyclic amines) is 1. The number of primary amides is 1. The van der Waals surface area contributed by atoms with Gasteiger partial charge in [0.1, 0.15) is 6.04 Å². The van der Waals surface area contributed by atoms with E-state index in [1.54, 1.807) is 0 Å². The molecule has 3 N–H and O–H groups in total. The fraction of sp³-hybridized carbons (Fsp3) is 0.778. The predicted octanol–water partition coefficient (Wildman–Crippen LogP) is 0.454. The molecule has 8 heteroatoms. The summed E-state index contributed by atoms with van der Waals surface area (Å²) in [6, 6.07) is -1.78. The molecule has 5 nitrogen and oxygen atoms in total. The SMILES string of the molecule is C[C@H](NC(N)=O)C(=O)N1CCC(C(F)(F)F)C1. The summed E-state index contributed by atoms with van der Waals surface area (Å²) in [6.45, 7) is 1.08. The zero-order chi connectivity index (χ0) is 13.2. The Morgan fingerprint density at radius 3 is 2.47 bits per heavy atom. The maximum Gasteiger partial charge on any atom is 0.393 e. The molecule has 1 unspecified atom stereocenters. The minimum atomic E-state index is -4.28. The van der Waals surface area contributed by atoms with Crippen molar-refractivity contribution in [3.05, 3.63) is 0 Å². The quantitative estimate of drug-likeness (QED) is 0.750. The third-order valence-electron chi connectivity index (χ3n) is 2.69. The second-order valence-corrected chi connectivity index (χ2v) is 4.04. The first-order valence-corrected chi connectivity index (χ1v) is 5.13. The summed E-state index contributed by atoms with van der Waals surface area (Å²) in [6.07, 6.45) is -4.38. The number of carbonyl (C=O) groups excluding carboxylic acids is 2. The van der Waals surface area contributed by atoms with Crippen molar-refractivity contribution in [3.63, 3.8) is 0 Å². The second kappa shape index (κ2) is 4.80. The molecule has 2 atom stereocenters. The Morgan fingerprint density at radius 1 is 1.47 bits per heavy atom. The summed E-state index contributed by atoms with van der Waals surface area (Å²) in [5.41, 5.74) is 4.83. The van der Waals surface area contributed by atoms with Crippen molar-refractivity contribution >= 4 is 11.9 Å². The average Bonchev–Trinajstić information content (AvgIpc) is 2.63. The summed E-state index contributed by atoms with van der Waals surface area (Å²) < 4.78 is 37.1. The van der Waals surface area contributed by atoms with Crippen molar-refractivity contribution in [1.29, 1.82) is 0 Å². The Balaban J connectivity index is 2.54. The van der Waals surface area contributed by atoms with Crippen molar-refractivity contribution < 1.29 is 22.8 Å². The molecular weight excluding hydrogens is 239 g/mol. The average molecular weight is 253 g/mol.